The largest absolute Gasteiger partial charge is 0.324 e. The molecule has 27 heavy (non-hydrogen) atoms. The van der Waals surface area contributed by atoms with Gasteiger partial charge in [0.1, 0.15) is 5.82 Å². The van der Waals surface area contributed by atoms with E-state index >= 15 is 0 Å². The fraction of sp³-hybridized carbons (Fsp3) is 0.150. The minimum Gasteiger partial charge on any atom is -0.324 e. The first-order valence-electron chi connectivity index (χ1n) is 8.31. The van der Waals surface area contributed by atoms with Gasteiger partial charge in [-0.15, -0.1) is 0 Å². The Hall–Kier alpha value is -2.77. The Morgan fingerprint density at radius 2 is 1.67 bits per heavy atom. The number of nitrogens with one attached hydrogen (secondary N) is 1. The molecule has 140 valence electrons. The summed E-state index contributed by atoms with van der Waals surface area (Å²) in [7, 11) is -2.36. The van der Waals surface area contributed by atoms with Crippen LogP contribution in [0.5, 0.6) is 0 Å². The van der Waals surface area contributed by atoms with Gasteiger partial charge in [-0.25, -0.2) is 12.8 Å². The minimum absolute atomic E-state index is 0.300. The number of rotatable bonds is 6. The molecule has 3 aromatic rings. The van der Waals surface area contributed by atoms with E-state index in [1.54, 1.807) is 6.07 Å². The second-order valence-corrected chi connectivity index (χ2v) is 8.29. The van der Waals surface area contributed by atoms with Crippen LogP contribution < -0.4 is 5.32 Å². The SMILES string of the molecule is CN(CC(=O)Nc1cccc2ccccc12)S(=O)(=O)Cc1ccc(F)cc1. The summed E-state index contributed by atoms with van der Waals surface area (Å²) in [6.07, 6.45) is 0. The second-order valence-electron chi connectivity index (χ2n) is 6.21. The van der Waals surface area contributed by atoms with Crippen LogP contribution in [0.4, 0.5) is 10.1 Å². The van der Waals surface area contributed by atoms with Gasteiger partial charge in [0.15, 0.2) is 0 Å². The Kier molecular flexibility index (Phi) is 5.53. The number of carbonyl (C=O) groups is 1. The molecule has 0 aliphatic heterocycles. The number of hydrogen-bond acceptors (Lipinski definition) is 3. The number of likely N-dealkylation sites (N-methyl/N-ethyl adjacent to an activating group) is 1. The maximum Gasteiger partial charge on any atom is 0.239 e. The third kappa shape index (κ3) is 4.69. The van der Waals surface area contributed by atoms with Crippen LogP contribution in [0.25, 0.3) is 10.8 Å². The summed E-state index contributed by atoms with van der Waals surface area (Å²) in [4.78, 5) is 12.3. The highest BCUT2D eigenvalue weighted by atomic mass is 32.2. The molecule has 0 aliphatic rings. The third-order valence-electron chi connectivity index (χ3n) is 4.17. The number of amides is 1. The maximum absolute atomic E-state index is 13.0. The smallest absolute Gasteiger partial charge is 0.239 e. The first kappa shape index (κ1) is 19.0. The van der Waals surface area contributed by atoms with Crippen LogP contribution in [-0.2, 0) is 20.6 Å². The highest BCUT2D eigenvalue weighted by Crippen LogP contribution is 2.23. The predicted molar refractivity (Wildman–Crippen MR) is 104 cm³/mol. The Labute approximate surface area is 157 Å². The molecule has 0 atom stereocenters. The van der Waals surface area contributed by atoms with Crippen LogP contribution >= 0.6 is 0 Å². The number of anilines is 1. The summed E-state index contributed by atoms with van der Waals surface area (Å²) in [6.45, 7) is -0.313. The van der Waals surface area contributed by atoms with Crippen molar-refractivity contribution in [3.05, 3.63) is 78.1 Å². The molecular formula is C20H19FN2O3S. The van der Waals surface area contributed by atoms with Gasteiger partial charge >= 0.3 is 0 Å². The molecular weight excluding hydrogens is 367 g/mol. The van der Waals surface area contributed by atoms with E-state index in [4.69, 9.17) is 0 Å². The van der Waals surface area contributed by atoms with Gasteiger partial charge in [-0.2, -0.15) is 4.31 Å². The number of benzene rings is 3. The lowest BCUT2D eigenvalue weighted by molar-refractivity contribution is -0.116. The molecule has 0 aliphatic carbocycles. The number of halogens is 1. The molecule has 0 aromatic heterocycles. The molecule has 0 heterocycles. The average Bonchev–Trinajstić information content (AvgIpc) is 2.63. The van der Waals surface area contributed by atoms with E-state index in [1.807, 2.05) is 36.4 Å². The van der Waals surface area contributed by atoms with E-state index in [0.717, 1.165) is 15.1 Å². The fourth-order valence-corrected chi connectivity index (χ4v) is 3.87. The number of nitrogens with zero attached hydrogens (tertiary/aromatic N) is 1. The molecule has 0 bridgehead atoms. The topological polar surface area (TPSA) is 66.5 Å². The second kappa shape index (κ2) is 7.85. The fourth-order valence-electron chi connectivity index (χ4n) is 2.73. The zero-order valence-corrected chi connectivity index (χ0v) is 15.5. The summed E-state index contributed by atoms with van der Waals surface area (Å²) < 4.78 is 38.8. The molecule has 0 unspecified atom stereocenters. The monoisotopic (exact) mass is 386 g/mol. The molecule has 0 spiro atoms. The highest BCUT2D eigenvalue weighted by Gasteiger charge is 2.21. The van der Waals surface area contributed by atoms with Crippen molar-refractivity contribution in [3.63, 3.8) is 0 Å². The number of hydrogen-bond donors (Lipinski definition) is 1. The van der Waals surface area contributed by atoms with Gasteiger partial charge in [0.25, 0.3) is 0 Å². The molecule has 0 fully saturated rings. The van der Waals surface area contributed by atoms with Crippen molar-refractivity contribution in [2.75, 3.05) is 18.9 Å². The zero-order valence-electron chi connectivity index (χ0n) is 14.7. The maximum atomic E-state index is 13.0. The average molecular weight is 386 g/mol. The van der Waals surface area contributed by atoms with Gasteiger partial charge in [-0.3, -0.25) is 4.79 Å². The molecule has 3 rings (SSSR count). The summed E-state index contributed by atoms with van der Waals surface area (Å²) in [6, 6.07) is 18.4. The van der Waals surface area contributed by atoms with Gasteiger partial charge in [0.2, 0.25) is 15.9 Å². The molecule has 0 saturated heterocycles. The van der Waals surface area contributed by atoms with Gasteiger partial charge in [-0.1, -0.05) is 48.5 Å². The molecule has 7 heteroatoms. The molecule has 0 radical (unpaired) electrons. The summed E-state index contributed by atoms with van der Waals surface area (Å²) >= 11 is 0. The lowest BCUT2D eigenvalue weighted by Crippen LogP contribution is -2.35. The number of carbonyl (C=O) groups excluding carboxylic acids is 1. The van der Waals surface area contributed by atoms with Crippen molar-refractivity contribution in [3.8, 4) is 0 Å². The summed E-state index contributed by atoms with van der Waals surface area (Å²) in [5, 5.41) is 4.62. The Morgan fingerprint density at radius 1 is 1.00 bits per heavy atom. The Balaban J connectivity index is 1.68. The molecule has 1 N–H and O–H groups in total. The Bertz CT molecular complexity index is 1060. The van der Waals surface area contributed by atoms with E-state index < -0.39 is 21.7 Å². The van der Waals surface area contributed by atoms with Gasteiger partial charge < -0.3 is 5.32 Å². The van der Waals surface area contributed by atoms with Gasteiger partial charge in [0, 0.05) is 18.1 Å². The van der Waals surface area contributed by atoms with E-state index in [2.05, 4.69) is 5.32 Å². The van der Waals surface area contributed by atoms with Crippen LogP contribution in [0, 0.1) is 5.82 Å². The van der Waals surface area contributed by atoms with Gasteiger partial charge in [-0.05, 0) is 29.1 Å². The summed E-state index contributed by atoms with van der Waals surface area (Å²) in [5.74, 6) is -1.17. The standard InChI is InChI=1S/C20H19FN2O3S/c1-23(27(25,26)14-15-9-11-17(21)12-10-15)13-20(24)22-19-8-4-6-16-5-2-3-7-18(16)19/h2-12H,13-14H2,1H3,(H,22,24). The number of sulfonamides is 1. The van der Waals surface area contributed by atoms with Crippen molar-refractivity contribution in [2.24, 2.45) is 0 Å². The highest BCUT2D eigenvalue weighted by molar-refractivity contribution is 7.88. The van der Waals surface area contributed by atoms with Crippen molar-refractivity contribution in [2.45, 2.75) is 5.75 Å². The van der Waals surface area contributed by atoms with E-state index in [-0.39, 0.29) is 12.3 Å². The molecule has 0 saturated carbocycles. The van der Waals surface area contributed by atoms with Crippen LogP contribution in [0.1, 0.15) is 5.56 Å². The van der Waals surface area contributed by atoms with Crippen LogP contribution in [0.15, 0.2) is 66.7 Å². The number of fused-ring (bicyclic) bond motifs is 1. The van der Waals surface area contributed by atoms with E-state index in [9.17, 15) is 17.6 Å². The van der Waals surface area contributed by atoms with Crippen LogP contribution in [0.3, 0.4) is 0 Å². The van der Waals surface area contributed by atoms with E-state index in [0.29, 0.717) is 11.3 Å². The molecule has 3 aromatic carbocycles. The van der Waals surface area contributed by atoms with E-state index in [1.165, 1.54) is 31.3 Å². The first-order chi connectivity index (χ1) is 12.8. The minimum atomic E-state index is -3.71. The third-order valence-corrected chi connectivity index (χ3v) is 5.94. The van der Waals surface area contributed by atoms with Crippen molar-refractivity contribution >= 4 is 32.4 Å². The lowest BCUT2D eigenvalue weighted by atomic mass is 10.1. The predicted octanol–water partition coefficient (Wildman–Crippen LogP) is 3.38. The normalized spacial score (nSPS) is 11.7. The van der Waals surface area contributed by atoms with Crippen molar-refractivity contribution in [1.82, 2.24) is 4.31 Å². The van der Waals surface area contributed by atoms with Crippen molar-refractivity contribution < 1.29 is 17.6 Å². The quantitative estimate of drug-likeness (QED) is 0.706. The summed E-state index contributed by atoms with van der Waals surface area (Å²) in [5.41, 5.74) is 1.08. The van der Waals surface area contributed by atoms with Crippen LogP contribution in [-0.4, -0.2) is 32.2 Å². The molecule has 5 nitrogen and oxygen atoms in total. The Morgan fingerprint density at radius 3 is 2.41 bits per heavy atom. The van der Waals surface area contributed by atoms with Crippen molar-refractivity contribution in [1.29, 1.82) is 0 Å². The zero-order chi connectivity index (χ0) is 19.4. The lowest BCUT2D eigenvalue weighted by Gasteiger charge is -2.17. The molecule has 1 amide bonds. The first-order valence-corrected chi connectivity index (χ1v) is 9.92. The van der Waals surface area contributed by atoms with Crippen LogP contribution in [0.2, 0.25) is 0 Å². The van der Waals surface area contributed by atoms with Gasteiger partial charge in [0.05, 0.1) is 12.3 Å².